The third kappa shape index (κ3) is 4.85. The van der Waals surface area contributed by atoms with Crippen molar-refractivity contribution < 1.29 is 9.53 Å². The van der Waals surface area contributed by atoms with Gasteiger partial charge in [-0.05, 0) is 67.9 Å². The first-order valence-electron chi connectivity index (χ1n) is 9.05. The molecule has 0 amide bonds. The zero-order valence-electron chi connectivity index (χ0n) is 15.1. The molecule has 5 heteroatoms. The Morgan fingerprint density at radius 2 is 1.77 bits per heavy atom. The van der Waals surface area contributed by atoms with Crippen LogP contribution >= 0.6 is 11.6 Å². The molecule has 1 aliphatic heterocycles. The summed E-state index contributed by atoms with van der Waals surface area (Å²) in [6.45, 7) is 3.26. The molecule has 138 valence electrons. The second-order valence-corrected chi connectivity index (χ2v) is 7.03. The van der Waals surface area contributed by atoms with Gasteiger partial charge in [0.15, 0.2) is 5.78 Å². The molecule has 4 nitrogen and oxygen atoms in total. The molecule has 1 saturated heterocycles. The van der Waals surface area contributed by atoms with E-state index in [0.717, 1.165) is 25.4 Å². The molecule has 1 fully saturated rings. The van der Waals surface area contributed by atoms with Crippen LogP contribution in [0.1, 0.15) is 34.8 Å². The molecule has 1 N–H and O–H groups in total. The van der Waals surface area contributed by atoms with E-state index in [9.17, 15) is 4.79 Å². The SMILES string of the molecule is COc1ccc(C(CNCC(=O)c2ccc(Cl)cc2)N2CCCC2)cc1. The Balaban J connectivity index is 1.62. The molecule has 0 radical (unpaired) electrons. The van der Waals surface area contributed by atoms with Gasteiger partial charge in [0.05, 0.1) is 13.7 Å². The fraction of sp³-hybridized carbons (Fsp3) is 0.381. The zero-order chi connectivity index (χ0) is 18.4. The summed E-state index contributed by atoms with van der Waals surface area (Å²) in [5.41, 5.74) is 1.93. The molecule has 2 aromatic carbocycles. The number of carbonyl (C=O) groups is 1. The number of likely N-dealkylation sites (tertiary alicyclic amines) is 1. The summed E-state index contributed by atoms with van der Waals surface area (Å²) in [4.78, 5) is 14.8. The highest BCUT2D eigenvalue weighted by Gasteiger charge is 2.23. The lowest BCUT2D eigenvalue weighted by Gasteiger charge is -2.28. The third-order valence-electron chi connectivity index (χ3n) is 4.87. The van der Waals surface area contributed by atoms with Crippen LogP contribution < -0.4 is 10.1 Å². The number of Topliss-reactive ketones (excluding diaryl/α,β-unsaturated/α-hetero) is 1. The van der Waals surface area contributed by atoms with Crippen LogP contribution in [0.25, 0.3) is 0 Å². The van der Waals surface area contributed by atoms with Crippen molar-refractivity contribution in [3.63, 3.8) is 0 Å². The Labute approximate surface area is 160 Å². The van der Waals surface area contributed by atoms with Crippen LogP contribution in [0.5, 0.6) is 5.75 Å². The number of halogens is 1. The Morgan fingerprint density at radius 1 is 1.12 bits per heavy atom. The van der Waals surface area contributed by atoms with E-state index in [2.05, 4.69) is 22.3 Å². The van der Waals surface area contributed by atoms with Crippen molar-refractivity contribution >= 4 is 17.4 Å². The topological polar surface area (TPSA) is 41.6 Å². The predicted molar refractivity (Wildman–Crippen MR) is 105 cm³/mol. The average molecular weight is 373 g/mol. The highest BCUT2D eigenvalue weighted by atomic mass is 35.5. The molecule has 0 saturated carbocycles. The molecule has 0 bridgehead atoms. The summed E-state index contributed by atoms with van der Waals surface area (Å²) < 4.78 is 5.26. The van der Waals surface area contributed by atoms with Crippen molar-refractivity contribution in [3.8, 4) is 5.75 Å². The van der Waals surface area contributed by atoms with Crippen molar-refractivity contribution in [2.45, 2.75) is 18.9 Å². The number of methoxy groups -OCH3 is 1. The van der Waals surface area contributed by atoms with E-state index in [1.165, 1.54) is 18.4 Å². The second-order valence-electron chi connectivity index (χ2n) is 6.59. The van der Waals surface area contributed by atoms with Gasteiger partial charge in [-0.25, -0.2) is 0 Å². The normalized spacial score (nSPS) is 15.8. The van der Waals surface area contributed by atoms with Gasteiger partial charge in [0.1, 0.15) is 5.75 Å². The summed E-state index contributed by atoms with van der Waals surface area (Å²) in [6.07, 6.45) is 2.46. The number of benzene rings is 2. The maximum Gasteiger partial charge on any atom is 0.176 e. The Hall–Kier alpha value is -1.88. The molecule has 3 rings (SSSR count). The van der Waals surface area contributed by atoms with Crippen LogP contribution in [0, 0.1) is 0 Å². The van der Waals surface area contributed by atoms with Gasteiger partial charge in [-0.2, -0.15) is 0 Å². The lowest BCUT2D eigenvalue weighted by Crippen LogP contribution is -2.36. The maximum absolute atomic E-state index is 12.3. The quantitative estimate of drug-likeness (QED) is 0.712. The molecule has 1 atom stereocenters. The molecular weight excluding hydrogens is 348 g/mol. The molecule has 1 aliphatic rings. The van der Waals surface area contributed by atoms with Gasteiger partial charge in [-0.3, -0.25) is 9.69 Å². The summed E-state index contributed by atoms with van der Waals surface area (Å²) in [5, 5.41) is 3.99. The third-order valence-corrected chi connectivity index (χ3v) is 5.12. The number of nitrogens with zero attached hydrogens (tertiary/aromatic N) is 1. The molecular formula is C21H25ClN2O2. The Bertz CT molecular complexity index is 710. The van der Waals surface area contributed by atoms with Gasteiger partial charge in [-0.1, -0.05) is 23.7 Å². The number of hydrogen-bond acceptors (Lipinski definition) is 4. The van der Waals surface area contributed by atoms with E-state index >= 15 is 0 Å². The fourth-order valence-electron chi connectivity index (χ4n) is 3.40. The Kier molecular flexibility index (Phi) is 6.67. The smallest absolute Gasteiger partial charge is 0.176 e. The average Bonchev–Trinajstić information content (AvgIpc) is 3.20. The van der Waals surface area contributed by atoms with E-state index in [-0.39, 0.29) is 11.8 Å². The van der Waals surface area contributed by atoms with E-state index in [1.807, 2.05) is 12.1 Å². The molecule has 0 aliphatic carbocycles. The summed E-state index contributed by atoms with van der Waals surface area (Å²) in [6, 6.07) is 15.5. The van der Waals surface area contributed by atoms with Crippen LogP contribution in [-0.2, 0) is 0 Å². The summed E-state index contributed by atoms with van der Waals surface area (Å²) in [5.74, 6) is 0.941. The highest BCUT2D eigenvalue weighted by molar-refractivity contribution is 6.30. The standard InChI is InChI=1S/C21H25ClN2O2/c1-26-19-10-6-16(7-11-19)20(24-12-2-3-13-24)14-23-15-21(25)17-4-8-18(22)9-5-17/h4-11,20,23H,2-3,12-15H2,1H3. The van der Waals surface area contributed by atoms with Crippen molar-refractivity contribution in [2.75, 3.05) is 33.3 Å². The van der Waals surface area contributed by atoms with Gasteiger partial charge in [0.2, 0.25) is 0 Å². The van der Waals surface area contributed by atoms with Gasteiger partial charge < -0.3 is 10.1 Å². The van der Waals surface area contributed by atoms with Crippen molar-refractivity contribution in [1.82, 2.24) is 10.2 Å². The minimum atomic E-state index is 0.0802. The molecule has 0 spiro atoms. The van der Waals surface area contributed by atoms with Crippen molar-refractivity contribution in [1.29, 1.82) is 0 Å². The van der Waals surface area contributed by atoms with Crippen molar-refractivity contribution in [2.24, 2.45) is 0 Å². The molecule has 26 heavy (non-hydrogen) atoms. The number of ketones is 1. The van der Waals surface area contributed by atoms with Gasteiger partial charge in [0, 0.05) is 23.2 Å². The highest BCUT2D eigenvalue weighted by Crippen LogP contribution is 2.26. The van der Waals surface area contributed by atoms with E-state index in [1.54, 1.807) is 31.4 Å². The first-order valence-corrected chi connectivity index (χ1v) is 9.42. The van der Waals surface area contributed by atoms with Crippen molar-refractivity contribution in [3.05, 3.63) is 64.7 Å². The predicted octanol–water partition coefficient (Wildman–Crippen LogP) is 3.96. The first-order chi connectivity index (χ1) is 12.7. The first kappa shape index (κ1) is 18.9. The van der Waals surface area contributed by atoms with Gasteiger partial charge >= 0.3 is 0 Å². The number of hydrogen-bond donors (Lipinski definition) is 1. The molecule has 1 heterocycles. The molecule has 2 aromatic rings. The monoisotopic (exact) mass is 372 g/mol. The zero-order valence-corrected chi connectivity index (χ0v) is 15.8. The van der Waals surface area contributed by atoms with E-state index in [0.29, 0.717) is 17.1 Å². The number of carbonyl (C=O) groups excluding carboxylic acids is 1. The lowest BCUT2D eigenvalue weighted by molar-refractivity contribution is 0.0987. The minimum Gasteiger partial charge on any atom is -0.497 e. The van der Waals surface area contributed by atoms with E-state index in [4.69, 9.17) is 16.3 Å². The summed E-state index contributed by atoms with van der Waals surface area (Å²) in [7, 11) is 1.68. The van der Waals surface area contributed by atoms with Crippen LogP contribution in [0.4, 0.5) is 0 Å². The number of nitrogens with one attached hydrogen (secondary N) is 1. The largest absolute Gasteiger partial charge is 0.497 e. The second kappa shape index (κ2) is 9.17. The maximum atomic E-state index is 12.3. The van der Waals surface area contributed by atoms with Gasteiger partial charge in [0.25, 0.3) is 0 Å². The van der Waals surface area contributed by atoms with Crippen LogP contribution in [-0.4, -0.2) is 44.0 Å². The molecule has 1 unspecified atom stereocenters. The fourth-order valence-corrected chi connectivity index (χ4v) is 3.52. The van der Waals surface area contributed by atoms with Crippen LogP contribution in [0.15, 0.2) is 48.5 Å². The summed E-state index contributed by atoms with van der Waals surface area (Å²) >= 11 is 5.88. The number of rotatable bonds is 8. The molecule has 0 aromatic heterocycles. The van der Waals surface area contributed by atoms with Gasteiger partial charge in [-0.15, -0.1) is 0 Å². The van der Waals surface area contributed by atoms with Crippen LogP contribution in [0.2, 0.25) is 5.02 Å². The van der Waals surface area contributed by atoms with Crippen LogP contribution in [0.3, 0.4) is 0 Å². The lowest BCUT2D eigenvalue weighted by atomic mass is 10.0. The Morgan fingerprint density at radius 3 is 2.38 bits per heavy atom. The van der Waals surface area contributed by atoms with E-state index < -0.39 is 0 Å². The number of ether oxygens (including phenoxy) is 1. The minimum absolute atomic E-state index is 0.0802.